The maximum atomic E-state index is 13.1. The van der Waals surface area contributed by atoms with E-state index in [9.17, 15) is 13.6 Å². The van der Waals surface area contributed by atoms with E-state index in [4.69, 9.17) is 0 Å². The van der Waals surface area contributed by atoms with Crippen molar-refractivity contribution >= 4 is 5.91 Å². The van der Waals surface area contributed by atoms with Crippen LogP contribution in [0, 0.1) is 17.3 Å². The summed E-state index contributed by atoms with van der Waals surface area (Å²) in [4.78, 5) is 13.5. The highest BCUT2D eigenvalue weighted by Crippen LogP contribution is 2.52. The summed E-state index contributed by atoms with van der Waals surface area (Å²) in [5.41, 5.74) is -0.459. The van der Waals surface area contributed by atoms with E-state index in [0.29, 0.717) is 6.54 Å². The van der Waals surface area contributed by atoms with Gasteiger partial charge in [-0.2, -0.15) is 0 Å². The van der Waals surface area contributed by atoms with Gasteiger partial charge in [0, 0.05) is 30.8 Å². The Labute approximate surface area is 88.6 Å². The lowest BCUT2D eigenvalue weighted by atomic mass is 9.72. The summed E-state index contributed by atoms with van der Waals surface area (Å²) in [5, 5.41) is 0. The number of carbonyl (C=O) groups excluding carboxylic acids is 1. The van der Waals surface area contributed by atoms with Crippen molar-refractivity contribution in [3.8, 4) is 0 Å². The SMILES string of the molecule is CC(C)(C)C(=O)N1CC2CC(F)(F)C2C1. The molecular weight excluding hydrogens is 200 g/mol. The third-order valence-electron chi connectivity index (χ3n) is 3.45. The molecular formula is C11H17F2NO. The number of alkyl halides is 2. The molecule has 1 amide bonds. The molecule has 2 aliphatic rings. The molecule has 2 fully saturated rings. The van der Waals surface area contributed by atoms with Crippen molar-refractivity contribution in [2.24, 2.45) is 17.3 Å². The number of fused-ring (bicyclic) bond motifs is 1. The van der Waals surface area contributed by atoms with Crippen molar-refractivity contribution in [1.29, 1.82) is 0 Å². The summed E-state index contributed by atoms with van der Waals surface area (Å²) in [6.07, 6.45) is -0.0361. The molecule has 2 atom stereocenters. The largest absolute Gasteiger partial charge is 0.341 e. The molecule has 1 heterocycles. The number of likely N-dealkylation sites (tertiary alicyclic amines) is 1. The van der Waals surface area contributed by atoms with Gasteiger partial charge >= 0.3 is 0 Å². The van der Waals surface area contributed by atoms with Crippen molar-refractivity contribution in [3.63, 3.8) is 0 Å². The van der Waals surface area contributed by atoms with Gasteiger partial charge in [0.25, 0.3) is 5.92 Å². The number of nitrogens with zero attached hydrogens (tertiary/aromatic N) is 1. The van der Waals surface area contributed by atoms with Gasteiger partial charge in [0.05, 0.1) is 0 Å². The first-order chi connectivity index (χ1) is 6.72. The summed E-state index contributed by atoms with van der Waals surface area (Å²) < 4.78 is 26.2. The molecule has 86 valence electrons. The standard InChI is InChI=1S/C11H17F2NO/c1-10(2,3)9(15)14-5-7-4-11(12,13)8(7)6-14/h7-8H,4-6H2,1-3H3. The maximum absolute atomic E-state index is 13.1. The number of amides is 1. The summed E-state index contributed by atoms with van der Waals surface area (Å²) in [6, 6.07) is 0. The Morgan fingerprint density at radius 3 is 2.33 bits per heavy atom. The quantitative estimate of drug-likeness (QED) is 0.608. The van der Waals surface area contributed by atoms with E-state index >= 15 is 0 Å². The Morgan fingerprint density at radius 2 is 1.93 bits per heavy atom. The summed E-state index contributed by atoms with van der Waals surface area (Å²) in [7, 11) is 0. The van der Waals surface area contributed by atoms with E-state index in [1.807, 2.05) is 20.8 Å². The summed E-state index contributed by atoms with van der Waals surface area (Å²) >= 11 is 0. The van der Waals surface area contributed by atoms with Gasteiger partial charge < -0.3 is 4.90 Å². The molecule has 0 aromatic rings. The first kappa shape index (κ1) is 10.8. The van der Waals surface area contributed by atoms with Crippen LogP contribution >= 0.6 is 0 Å². The molecule has 0 aromatic heterocycles. The van der Waals surface area contributed by atoms with Gasteiger partial charge in [-0.1, -0.05) is 20.8 Å². The Kier molecular flexibility index (Phi) is 2.11. The Balaban J connectivity index is 2.03. The lowest BCUT2D eigenvalue weighted by Gasteiger charge is -2.38. The molecule has 1 saturated carbocycles. The van der Waals surface area contributed by atoms with E-state index < -0.39 is 17.3 Å². The van der Waals surface area contributed by atoms with Gasteiger partial charge in [0.2, 0.25) is 5.91 Å². The monoisotopic (exact) mass is 217 g/mol. The van der Waals surface area contributed by atoms with Crippen LogP contribution < -0.4 is 0 Å². The van der Waals surface area contributed by atoms with Crippen LogP contribution in [0.1, 0.15) is 27.2 Å². The van der Waals surface area contributed by atoms with Gasteiger partial charge in [0.15, 0.2) is 0 Å². The topological polar surface area (TPSA) is 20.3 Å². The van der Waals surface area contributed by atoms with Crippen molar-refractivity contribution < 1.29 is 13.6 Å². The molecule has 4 heteroatoms. The van der Waals surface area contributed by atoms with Gasteiger partial charge in [-0.05, 0) is 5.92 Å². The van der Waals surface area contributed by atoms with E-state index in [0.717, 1.165) is 0 Å². The van der Waals surface area contributed by atoms with Crippen LogP contribution in [0.5, 0.6) is 0 Å². The van der Waals surface area contributed by atoms with Crippen LogP contribution in [-0.2, 0) is 4.79 Å². The fraction of sp³-hybridized carbons (Fsp3) is 0.909. The highest BCUT2D eigenvalue weighted by Gasteiger charge is 2.60. The highest BCUT2D eigenvalue weighted by atomic mass is 19.3. The fourth-order valence-corrected chi connectivity index (χ4v) is 2.54. The lowest BCUT2D eigenvalue weighted by molar-refractivity contribution is -0.153. The van der Waals surface area contributed by atoms with Crippen molar-refractivity contribution in [3.05, 3.63) is 0 Å². The molecule has 15 heavy (non-hydrogen) atoms. The maximum Gasteiger partial charge on any atom is 0.253 e. The van der Waals surface area contributed by atoms with E-state index in [-0.39, 0.29) is 24.8 Å². The molecule has 2 rings (SSSR count). The zero-order valence-electron chi connectivity index (χ0n) is 9.39. The molecule has 2 unspecified atom stereocenters. The fourth-order valence-electron chi connectivity index (χ4n) is 2.54. The van der Waals surface area contributed by atoms with Crippen molar-refractivity contribution in [1.82, 2.24) is 4.90 Å². The minimum Gasteiger partial charge on any atom is -0.341 e. The molecule has 2 nitrogen and oxygen atoms in total. The molecule has 1 aliphatic heterocycles. The second-order valence-electron chi connectivity index (χ2n) is 5.79. The van der Waals surface area contributed by atoms with Crippen LogP contribution in [0.3, 0.4) is 0 Å². The molecule has 0 radical (unpaired) electrons. The summed E-state index contributed by atoms with van der Waals surface area (Å²) in [6.45, 7) is 6.25. The van der Waals surface area contributed by atoms with Crippen molar-refractivity contribution in [2.75, 3.05) is 13.1 Å². The third-order valence-corrected chi connectivity index (χ3v) is 3.45. The molecule has 0 bridgehead atoms. The number of rotatable bonds is 0. The second-order valence-corrected chi connectivity index (χ2v) is 5.79. The van der Waals surface area contributed by atoms with Crippen molar-refractivity contribution in [2.45, 2.75) is 33.1 Å². The van der Waals surface area contributed by atoms with Gasteiger partial charge in [0.1, 0.15) is 0 Å². The average Bonchev–Trinajstić information content (AvgIpc) is 2.41. The normalized spacial score (nSPS) is 33.5. The molecule has 1 saturated heterocycles. The van der Waals surface area contributed by atoms with Gasteiger partial charge in [-0.3, -0.25) is 4.79 Å². The zero-order valence-corrected chi connectivity index (χ0v) is 9.39. The molecule has 0 aromatic carbocycles. The molecule has 0 spiro atoms. The number of hydrogen-bond donors (Lipinski definition) is 0. The van der Waals surface area contributed by atoms with Crippen LogP contribution in [0.15, 0.2) is 0 Å². The predicted molar refractivity (Wildman–Crippen MR) is 52.6 cm³/mol. The van der Waals surface area contributed by atoms with Gasteiger partial charge in [-0.25, -0.2) is 8.78 Å². The average molecular weight is 217 g/mol. The minimum absolute atomic E-state index is 0.00676. The van der Waals surface area contributed by atoms with Gasteiger partial charge in [-0.15, -0.1) is 0 Å². The van der Waals surface area contributed by atoms with Crippen LogP contribution in [0.4, 0.5) is 8.78 Å². The van der Waals surface area contributed by atoms with Crippen LogP contribution in [-0.4, -0.2) is 29.8 Å². The van der Waals surface area contributed by atoms with E-state index in [1.54, 1.807) is 4.90 Å². The second kappa shape index (κ2) is 2.92. The first-order valence-electron chi connectivity index (χ1n) is 5.39. The predicted octanol–water partition coefficient (Wildman–Crippen LogP) is 2.15. The summed E-state index contributed by atoms with van der Waals surface area (Å²) in [5.74, 6) is -3.08. The number of carbonyl (C=O) groups is 1. The van der Waals surface area contributed by atoms with E-state index in [1.165, 1.54) is 0 Å². The Morgan fingerprint density at radius 1 is 1.33 bits per heavy atom. The number of halogens is 2. The Hall–Kier alpha value is -0.670. The molecule has 0 N–H and O–H groups in total. The van der Waals surface area contributed by atoms with E-state index in [2.05, 4.69) is 0 Å². The third kappa shape index (κ3) is 1.64. The zero-order chi connectivity index (χ0) is 11.4. The van der Waals surface area contributed by atoms with Crippen LogP contribution in [0.25, 0.3) is 0 Å². The molecule has 1 aliphatic carbocycles. The Bertz CT molecular complexity index is 295. The lowest BCUT2D eigenvalue weighted by Crippen LogP contribution is -2.46. The smallest absolute Gasteiger partial charge is 0.253 e. The highest BCUT2D eigenvalue weighted by molar-refractivity contribution is 5.81. The van der Waals surface area contributed by atoms with Crippen LogP contribution in [0.2, 0.25) is 0 Å². The first-order valence-corrected chi connectivity index (χ1v) is 5.39. The number of hydrogen-bond acceptors (Lipinski definition) is 1. The minimum atomic E-state index is -2.53.